The van der Waals surface area contributed by atoms with Gasteiger partial charge in [0.25, 0.3) is 0 Å². The molecule has 0 aliphatic carbocycles. The van der Waals surface area contributed by atoms with E-state index in [-0.39, 0.29) is 0 Å². The Labute approximate surface area is 96.9 Å². The van der Waals surface area contributed by atoms with Crippen molar-refractivity contribution in [2.45, 2.75) is 26.7 Å². The minimum absolute atomic E-state index is 0.787. The van der Waals surface area contributed by atoms with Gasteiger partial charge in [0, 0.05) is 19.1 Å². The number of hydrogen-bond donors (Lipinski definition) is 2. The van der Waals surface area contributed by atoms with Gasteiger partial charge in [0.1, 0.15) is 0 Å². The van der Waals surface area contributed by atoms with Gasteiger partial charge in [-0.1, -0.05) is 19.9 Å². The van der Waals surface area contributed by atoms with Crippen molar-refractivity contribution in [1.29, 1.82) is 0 Å². The van der Waals surface area contributed by atoms with E-state index >= 15 is 0 Å². The summed E-state index contributed by atoms with van der Waals surface area (Å²) in [6, 6.07) is 4.13. The average Bonchev–Trinajstić information content (AvgIpc) is 2.14. The van der Waals surface area contributed by atoms with Crippen LogP contribution in [-0.2, 0) is 11.0 Å². The highest BCUT2D eigenvalue weighted by atomic mass is 31.2. The molecular weight excluding hydrogens is 225 g/mol. The summed E-state index contributed by atoms with van der Waals surface area (Å²) in [7, 11) is -3.64. The Bertz CT molecular complexity index is 313. The predicted molar refractivity (Wildman–Crippen MR) is 65.4 cm³/mol. The third kappa shape index (κ3) is 13.3. The molecule has 1 rings (SSSR count). The van der Waals surface area contributed by atoms with Crippen LogP contribution in [-0.4, -0.2) is 21.4 Å². The number of nitrogens with zero attached hydrogens (tertiary/aromatic N) is 1. The first-order chi connectivity index (χ1) is 7.29. The van der Waals surface area contributed by atoms with Crippen LogP contribution >= 0.6 is 7.60 Å². The van der Waals surface area contributed by atoms with Crippen molar-refractivity contribution in [1.82, 2.24) is 4.98 Å². The quantitative estimate of drug-likeness (QED) is 0.802. The molecule has 0 aromatic carbocycles. The molecule has 0 saturated carbocycles. The molecule has 0 amide bonds. The lowest BCUT2D eigenvalue weighted by Gasteiger charge is -2.02. The topological polar surface area (TPSA) is 70.4 Å². The molecule has 0 saturated heterocycles. The Kier molecular flexibility index (Phi) is 7.22. The maximum atomic E-state index is 9.33. The summed E-state index contributed by atoms with van der Waals surface area (Å²) in [6.45, 7) is 5.35. The van der Waals surface area contributed by atoms with Crippen molar-refractivity contribution in [3.63, 3.8) is 0 Å². The first kappa shape index (κ1) is 15.3. The summed E-state index contributed by atoms with van der Waals surface area (Å²) in [5.41, 5.74) is 1.35. The SMILES string of the molecule is CC(C)CCc1cccnc1.CP(=O)(O)O. The van der Waals surface area contributed by atoms with Gasteiger partial charge >= 0.3 is 7.60 Å². The molecule has 0 radical (unpaired) electrons. The number of aromatic nitrogens is 1. The molecule has 0 bridgehead atoms. The zero-order chi connectivity index (χ0) is 12.6. The maximum Gasteiger partial charge on any atom is 0.322 e. The van der Waals surface area contributed by atoms with E-state index in [0.717, 1.165) is 19.0 Å². The van der Waals surface area contributed by atoms with E-state index in [1.807, 2.05) is 18.5 Å². The van der Waals surface area contributed by atoms with Crippen molar-refractivity contribution in [3.05, 3.63) is 30.1 Å². The van der Waals surface area contributed by atoms with Gasteiger partial charge in [-0.15, -0.1) is 0 Å². The average molecular weight is 245 g/mol. The zero-order valence-corrected chi connectivity index (χ0v) is 10.9. The first-order valence-electron chi connectivity index (χ1n) is 5.21. The summed E-state index contributed by atoms with van der Waals surface area (Å²) in [5, 5.41) is 0. The van der Waals surface area contributed by atoms with Crippen LogP contribution in [0.25, 0.3) is 0 Å². The van der Waals surface area contributed by atoms with E-state index in [2.05, 4.69) is 24.9 Å². The summed E-state index contributed by atoms with van der Waals surface area (Å²) in [6.07, 6.45) is 6.18. The van der Waals surface area contributed by atoms with Crippen LogP contribution in [0.5, 0.6) is 0 Å². The lowest BCUT2D eigenvalue weighted by molar-refractivity contribution is 0.381. The largest absolute Gasteiger partial charge is 0.325 e. The molecule has 0 atom stereocenters. The molecule has 0 unspecified atom stereocenters. The fourth-order valence-corrected chi connectivity index (χ4v) is 1.00. The number of pyridine rings is 1. The second-order valence-electron chi connectivity index (χ2n) is 4.13. The number of rotatable bonds is 3. The molecule has 4 nitrogen and oxygen atoms in total. The Hall–Kier alpha value is -0.700. The Morgan fingerprint density at radius 1 is 1.44 bits per heavy atom. The molecule has 0 aliphatic rings. The highest BCUT2D eigenvalue weighted by Gasteiger charge is 1.96. The summed E-state index contributed by atoms with van der Waals surface area (Å²) >= 11 is 0. The van der Waals surface area contributed by atoms with E-state index < -0.39 is 7.60 Å². The molecule has 92 valence electrons. The van der Waals surface area contributed by atoms with E-state index in [4.69, 9.17) is 9.79 Å². The van der Waals surface area contributed by atoms with Gasteiger partial charge in [-0.05, 0) is 30.4 Å². The van der Waals surface area contributed by atoms with Gasteiger partial charge in [-0.3, -0.25) is 9.55 Å². The van der Waals surface area contributed by atoms with Gasteiger partial charge in [0.15, 0.2) is 0 Å². The van der Waals surface area contributed by atoms with Crippen LogP contribution in [0.15, 0.2) is 24.5 Å². The van der Waals surface area contributed by atoms with Gasteiger partial charge in [-0.25, -0.2) is 0 Å². The first-order valence-corrected chi connectivity index (χ1v) is 7.27. The minimum Gasteiger partial charge on any atom is -0.325 e. The van der Waals surface area contributed by atoms with E-state index in [1.165, 1.54) is 12.0 Å². The van der Waals surface area contributed by atoms with Gasteiger partial charge in [0.2, 0.25) is 0 Å². The second-order valence-corrected chi connectivity index (χ2v) is 5.80. The monoisotopic (exact) mass is 245 g/mol. The van der Waals surface area contributed by atoms with Crippen LogP contribution in [0.3, 0.4) is 0 Å². The van der Waals surface area contributed by atoms with Crippen molar-refractivity contribution >= 4 is 7.60 Å². The van der Waals surface area contributed by atoms with Crippen molar-refractivity contribution < 1.29 is 14.4 Å². The molecular formula is C11H20NO3P. The summed E-state index contributed by atoms with van der Waals surface area (Å²) in [4.78, 5) is 19.3. The van der Waals surface area contributed by atoms with Crippen LogP contribution < -0.4 is 0 Å². The number of aryl methyl sites for hydroxylation is 1. The molecule has 16 heavy (non-hydrogen) atoms. The molecule has 2 N–H and O–H groups in total. The predicted octanol–water partition coefficient (Wildman–Crippen LogP) is 2.46. The minimum atomic E-state index is -3.64. The van der Waals surface area contributed by atoms with Gasteiger partial charge < -0.3 is 9.79 Å². The lowest BCUT2D eigenvalue weighted by atomic mass is 10.0. The Morgan fingerprint density at radius 2 is 2.00 bits per heavy atom. The van der Waals surface area contributed by atoms with Gasteiger partial charge in [0.05, 0.1) is 0 Å². The molecule has 5 heteroatoms. The van der Waals surface area contributed by atoms with Crippen molar-refractivity contribution in [3.8, 4) is 0 Å². The highest BCUT2D eigenvalue weighted by molar-refractivity contribution is 7.50. The standard InChI is InChI=1S/C10H15N.CH5O3P/c1-9(2)5-6-10-4-3-7-11-8-10;1-5(2,3)4/h3-4,7-9H,5-6H2,1-2H3;1H3,(H2,2,3,4). The van der Waals surface area contributed by atoms with E-state index in [0.29, 0.717) is 0 Å². The molecule has 0 fully saturated rings. The van der Waals surface area contributed by atoms with Crippen molar-refractivity contribution in [2.24, 2.45) is 5.92 Å². The Morgan fingerprint density at radius 3 is 2.38 bits per heavy atom. The fourth-order valence-electron chi connectivity index (χ4n) is 1.00. The van der Waals surface area contributed by atoms with Crippen molar-refractivity contribution in [2.75, 3.05) is 6.66 Å². The Balaban J connectivity index is 0.000000385. The van der Waals surface area contributed by atoms with E-state index in [1.54, 1.807) is 0 Å². The number of hydrogen-bond acceptors (Lipinski definition) is 2. The fraction of sp³-hybridized carbons (Fsp3) is 0.545. The van der Waals surface area contributed by atoms with E-state index in [9.17, 15) is 4.57 Å². The third-order valence-corrected chi connectivity index (χ3v) is 1.73. The molecule has 0 spiro atoms. The molecule has 1 aromatic heterocycles. The van der Waals surface area contributed by atoms with Crippen LogP contribution in [0.1, 0.15) is 25.8 Å². The van der Waals surface area contributed by atoms with Crippen LogP contribution in [0, 0.1) is 5.92 Å². The molecule has 1 aromatic rings. The summed E-state index contributed by atoms with van der Waals surface area (Å²) < 4.78 is 9.33. The third-order valence-electron chi connectivity index (χ3n) is 1.73. The normalized spacial score (nSPS) is 10.9. The maximum absolute atomic E-state index is 9.33. The zero-order valence-electron chi connectivity index (χ0n) is 10.00. The molecule has 1 heterocycles. The van der Waals surface area contributed by atoms with Crippen LogP contribution in [0.4, 0.5) is 0 Å². The van der Waals surface area contributed by atoms with Gasteiger partial charge in [-0.2, -0.15) is 0 Å². The second kappa shape index (κ2) is 7.55. The highest BCUT2D eigenvalue weighted by Crippen LogP contribution is 2.26. The van der Waals surface area contributed by atoms with Crippen LogP contribution in [0.2, 0.25) is 0 Å². The smallest absolute Gasteiger partial charge is 0.322 e. The lowest BCUT2D eigenvalue weighted by Crippen LogP contribution is -1.91. The summed E-state index contributed by atoms with van der Waals surface area (Å²) in [5.74, 6) is 0.787. The molecule has 0 aliphatic heterocycles.